The second kappa shape index (κ2) is 7.76. The quantitative estimate of drug-likeness (QED) is 0.660. The van der Waals surface area contributed by atoms with Gasteiger partial charge in [-0.1, -0.05) is 30.3 Å². The third-order valence-electron chi connectivity index (χ3n) is 6.14. The summed E-state index contributed by atoms with van der Waals surface area (Å²) in [5.74, 6) is 1.03. The number of nitrogens with zero attached hydrogens (tertiary/aromatic N) is 1. The molecule has 0 fully saturated rings. The molecule has 2 aliphatic rings. The van der Waals surface area contributed by atoms with Crippen molar-refractivity contribution in [3.8, 4) is 5.75 Å². The summed E-state index contributed by atoms with van der Waals surface area (Å²) in [6.07, 6.45) is 4.70. The van der Waals surface area contributed by atoms with E-state index in [4.69, 9.17) is 17.4 Å². The average molecular weight is 396 g/mol. The normalized spacial score (nSPS) is 19.6. The second-order valence-electron chi connectivity index (χ2n) is 9.40. The van der Waals surface area contributed by atoms with Crippen LogP contribution in [0, 0.1) is 0 Å². The fraction of sp³-hybridized carbons (Fsp3) is 0.520. The van der Waals surface area contributed by atoms with Crippen molar-refractivity contribution in [3.05, 3.63) is 64.2 Å². The van der Waals surface area contributed by atoms with Crippen molar-refractivity contribution in [2.75, 3.05) is 6.54 Å². The molecule has 1 aliphatic heterocycles. The molecular formula is C25H33NOS. The maximum atomic E-state index is 6.36. The molecule has 0 spiro atoms. The molecule has 1 unspecified atom stereocenters. The summed E-state index contributed by atoms with van der Waals surface area (Å²) in [6.45, 7) is 10.8. The number of fused-ring (bicyclic) bond motifs is 2. The molecule has 0 bridgehead atoms. The van der Waals surface area contributed by atoms with Crippen molar-refractivity contribution < 1.29 is 4.74 Å². The number of hydrogen-bond acceptors (Lipinski definition) is 3. The van der Waals surface area contributed by atoms with Gasteiger partial charge in [-0.05, 0) is 81.7 Å². The van der Waals surface area contributed by atoms with Crippen LogP contribution in [-0.4, -0.2) is 23.1 Å². The van der Waals surface area contributed by atoms with Crippen LogP contribution in [0.5, 0.6) is 5.75 Å². The van der Waals surface area contributed by atoms with E-state index in [-0.39, 0.29) is 10.9 Å². The van der Waals surface area contributed by atoms with Crippen LogP contribution in [0.3, 0.4) is 0 Å². The van der Waals surface area contributed by atoms with Gasteiger partial charge in [0.15, 0.2) is 0 Å². The van der Waals surface area contributed by atoms with Gasteiger partial charge in [-0.25, -0.2) is 0 Å². The van der Waals surface area contributed by atoms with E-state index in [1.54, 1.807) is 0 Å². The number of hydrogen-bond donors (Lipinski definition) is 1. The molecule has 2 aromatic carbocycles. The zero-order valence-corrected chi connectivity index (χ0v) is 18.6. The van der Waals surface area contributed by atoms with E-state index in [0.29, 0.717) is 6.04 Å². The molecule has 4 rings (SSSR count). The van der Waals surface area contributed by atoms with Gasteiger partial charge in [-0.3, -0.25) is 4.90 Å². The molecule has 0 N–H and O–H groups in total. The first-order chi connectivity index (χ1) is 13.3. The van der Waals surface area contributed by atoms with Crippen molar-refractivity contribution in [1.29, 1.82) is 0 Å². The molecule has 1 atom stereocenters. The van der Waals surface area contributed by atoms with Gasteiger partial charge in [0, 0.05) is 29.9 Å². The smallest absolute Gasteiger partial charge is 0.124 e. The minimum absolute atomic E-state index is 0.173. The van der Waals surface area contributed by atoms with E-state index in [9.17, 15) is 0 Å². The molecule has 0 saturated carbocycles. The minimum Gasteiger partial charge on any atom is -0.486 e. The zero-order valence-electron chi connectivity index (χ0n) is 17.7. The maximum absolute atomic E-state index is 6.36. The Hall–Kier alpha value is -1.45. The van der Waals surface area contributed by atoms with Gasteiger partial charge in [0.2, 0.25) is 0 Å². The Kier molecular flexibility index (Phi) is 5.50. The van der Waals surface area contributed by atoms with Gasteiger partial charge in [0.25, 0.3) is 0 Å². The van der Waals surface area contributed by atoms with Crippen molar-refractivity contribution in [2.24, 2.45) is 0 Å². The fourth-order valence-electron chi connectivity index (χ4n) is 4.58. The summed E-state index contributed by atoms with van der Waals surface area (Å²) < 4.78 is 6.36. The Morgan fingerprint density at radius 2 is 1.82 bits per heavy atom. The molecule has 0 aromatic heterocycles. The molecule has 1 aliphatic carbocycles. The highest BCUT2D eigenvalue weighted by atomic mass is 32.1. The van der Waals surface area contributed by atoms with Gasteiger partial charge in [0.1, 0.15) is 11.4 Å². The first-order valence-electron chi connectivity index (χ1n) is 10.7. The zero-order chi connectivity index (χ0) is 19.9. The first-order valence-corrected chi connectivity index (χ1v) is 11.2. The first kappa shape index (κ1) is 19.8. The van der Waals surface area contributed by atoms with Crippen molar-refractivity contribution >= 4 is 12.6 Å². The Balaban J connectivity index is 1.55. The third kappa shape index (κ3) is 4.26. The topological polar surface area (TPSA) is 12.5 Å². The summed E-state index contributed by atoms with van der Waals surface area (Å²) in [5, 5.41) is 0.230. The second-order valence-corrected chi connectivity index (χ2v) is 10.0. The molecule has 0 radical (unpaired) electrons. The summed E-state index contributed by atoms with van der Waals surface area (Å²) in [7, 11) is 0. The van der Waals surface area contributed by atoms with Crippen LogP contribution >= 0.6 is 12.6 Å². The largest absolute Gasteiger partial charge is 0.486 e. The molecule has 2 nitrogen and oxygen atoms in total. The molecule has 150 valence electrons. The Labute approximate surface area is 175 Å². The molecule has 1 heterocycles. The molecular weight excluding hydrogens is 362 g/mol. The molecule has 0 saturated heterocycles. The van der Waals surface area contributed by atoms with Crippen LogP contribution in [0.4, 0.5) is 0 Å². The highest BCUT2D eigenvalue weighted by Gasteiger charge is 2.30. The Morgan fingerprint density at radius 1 is 1.04 bits per heavy atom. The number of benzene rings is 2. The third-order valence-corrected chi connectivity index (χ3v) is 6.62. The Bertz CT molecular complexity index is 858. The van der Waals surface area contributed by atoms with Gasteiger partial charge in [-0.2, -0.15) is 12.6 Å². The average Bonchev–Trinajstić information content (AvgIpc) is 3.05. The lowest BCUT2D eigenvalue weighted by molar-refractivity contribution is 0.0589. The van der Waals surface area contributed by atoms with Crippen molar-refractivity contribution in [3.63, 3.8) is 0 Å². The predicted molar refractivity (Wildman–Crippen MR) is 121 cm³/mol. The van der Waals surface area contributed by atoms with Crippen molar-refractivity contribution in [2.45, 2.75) is 76.8 Å². The monoisotopic (exact) mass is 395 g/mol. The minimum atomic E-state index is -0.173. The van der Waals surface area contributed by atoms with E-state index in [1.165, 1.54) is 47.1 Å². The van der Waals surface area contributed by atoms with Crippen LogP contribution in [0.2, 0.25) is 0 Å². The fourth-order valence-corrected chi connectivity index (χ4v) is 4.95. The number of thiol groups is 1. The van der Waals surface area contributed by atoms with Crippen molar-refractivity contribution in [1.82, 2.24) is 4.90 Å². The lowest BCUT2D eigenvalue weighted by Gasteiger charge is -2.31. The Morgan fingerprint density at radius 3 is 2.61 bits per heavy atom. The van der Waals surface area contributed by atoms with Gasteiger partial charge < -0.3 is 4.74 Å². The standard InChI is InChI=1S/C25H33NOS/c1-17(2)26-15-22-12-18(8-11-23(22)27-25(3,4)16-26)13-24(28)21-10-9-19-6-5-7-20(19)14-21/h8-12,14,17,24,28H,5-7,13,15-16H2,1-4H3. The van der Waals surface area contributed by atoms with Crippen LogP contribution < -0.4 is 4.74 Å². The summed E-state index contributed by atoms with van der Waals surface area (Å²) in [6, 6.07) is 14.2. The summed E-state index contributed by atoms with van der Waals surface area (Å²) in [4.78, 5) is 2.51. The number of ether oxygens (including phenoxy) is 1. The predicted octanol–water partition coefficient (Wildman–Crippen LogP) is 5.77. The van der Waals surface area contributed by atoms with Gasteiger partial charge >= 0.3 is 0 Å². The van der Waals surface area contributed by atoms with Crippen LogP contribution in [-0.2, 0) is 25.8 Å². The summed E-state index contributed by atoms with van der Waals surface area (Å²) in [5.41, 5.74) is 6.87. The highest BCUT2D eigenvalue weighted by molar-refractivity contribution is 7.80. The summed E-state index contributed by atoms with van der Waals surface area (Å²) >= 11 is 4.96. The maximum Gasteiger partial charge on any atom is 0.124 e. The molecule has 28 heavy (non-hydrogen) atoms. The van der Waals surface area contributed by atoms with E-state index >= 15 is 0 Å². The van der Waals surface area contributed by atoms with Gasteiger partial charge in [0.05, 0.1) is 0 Å². The SMILES string of the molecule is CC(C)N1Cc2cc(CC(S)c3ccc4c(c3)CCC4)ccc2OC(C)(C)C1. The van der Waals surface area contributed by atoms with E-state index in [0.717, 1.165) is 25.3 Å². The van der Waals surface area contributed by atoms with E-state index in [1.807, 2.05) is 0 Å². The lowest BCUT2D eigenvalue weighted by Crippen LogP contribution is -2.43. The van der Waals surface area contributed by atoms with Crippen LogP contribution in [0.1, 0.15) is 67.2 Å². The van der Waals surface area contributed by atoms with Crippen LogP contribution in [0.25, 0.3) is 0 Å². The van der Waals surface area contributed by atoms with E-state index in [2.05, 4.69) is 69.0 Å². The van der Waals surface area contributed by atoms with E-state index < -0.39 is 0 Å². The highest BCUT2D eigenvalue weighted by Crippen LogP contribution is 2.34. The molecule has 0 amide bonds. The number of rotatable bonds is 4. The molecule has 3 heteroatoms. The molecule has 2 aromatic rings. The van der Waals surface area contributed by atoms with Gasteiger partial charge in [-0.15, -0.1) is 0 Å². The lowest BCUT2D eigenvalue weighted by atomic mass is 9.98. The van der Waals surface area contributed by atoms with Crippen LogP contribution in [0.15, 0.2) is 36.4 Å². The number of aryl methyl sites for hydroxylation is 2.